The Morgan fingerprint density at radius 3 is 2.56 bits per heavy atom. The fourth-order valence-electron chi connectivity index (χ4n) is 2.06. The average Bonchev–Trinajstić information content (AvgIpc) is 2.59. The number of benzene rings is 2. The average molecular weight is 350 g/mol. The summed E-state index contributed by atoms with van der Waals surface area (Å²) in [5, 5.41) is 13.3. The summed E-state index contributed by atoms with van der Waals surface area (Å²) in [5.74, 6) is -1.03. The van der Waals surface area contributed by atoms with E-state index in [1.807, 2.05) is 0 Å². The fourth-order valence-corrected chi connectivity index (χ4v) is 2.06. The zero-order valence-electron chi connectivity index (χ0n) is 13.5. The lowest BCUT2D eigenvalue weighted by Crippen LogP contribution is -2.06. The van der Waals surface area contributed by atoms with E-state index in [2.05, 4.69) is 15.3 Å². The van der Waals surface area contributed by atoms with Gasteiger partial charge in [-0.25, -0.2) is 4.79 Å². The van der Waals surface area contributed by atoms with E-state index in [0.29, 0.717) is 17.0 Å². The third-order valence-electron chi connectivity index (χ3n) is 3.30. The fraction of sp³-hybridized carbons (Fsp3) is 0.176. The highest BCUT2D eigenvalue weighted by Gasteiger charge is 2.12. The quantitative estimate of drug-likeness (QED) is 0.586. The van der Waals surface area contributed by atoms with Crippen molar-refractivity contribution in [2.45, 2.75) is 13.5 Å². The molecular weight excluding hydrogens is 334 g/mol. The van der Waals surface area contributed by atoms with E-state index in [4.69, 9.17) is 9.84 Å². The molecular formula is C17H16F2N2O4. The topological polar surface area (TPSA) is 80.2 Å². The zero-order valence-corrected chi connectivity index (χ0v) is 13.5. The second-order valence-corrected chi connectivity index (χ2v) is 4.90. The first kappa shape index (κ1) is 18.2. The van der Waals surface area contributed by atoms with Crippen molar-refractivity contribution in [2.24, 2.45) is 5.10 Å². The number of methoxy groups -OCH3 is 1. The first-order chi connectivity index (χ1) is 11.9. The van der Waals surface area contributed by atoms with Gasteiger partial charge in [0.1, 0.15) is 0 Å². The summed E-state index contributed by atoms with van der Waals surface area (Å²) in [4.78, 5) is 11.2. The molecule has 0 amide bonds. The number of ether oxygens (including phenoxy) is 2. The van der Waals surface area contributed by atoms with Gasteiger partial charge in [-0.3, -0.25) is 5.43 Å². The third-order valence-corrected chi connectivity index (χ3v) is 3.30. The van der Waals surface area contributed by atoms with Gasteiger partial charge in [0.25, 0.3) is 0 Å². The van der Waals surface area contributed by atoms with Crippen molar-refractivity contribution in [3.63, 3.8) is 0 Å². The van der Waals surface area contributed by atoms with Crippen molar-refractivity contribution in [1.82, 2.24) is 0 Å². The summed E-state index contributed by atoms with van der Waals surface area (Å²) in [6.45, 7) is -1.28. The molecule has 132 valence electrons. The van der Waals surface area contributed by atoms with Gasteiger partial charge < -0.3 is 14.6 Å². The molecule has 0 aliphatic heterocycles. The Balaban J connectivity index is 2.24. The molecule has 0 saturated carbocycles. The van der Waals surface area contributed by atoms with Crippen LogP contribution >= 0.6 is 0 Å². The van der Waals surface area contributed by atoms with Crippen molar-refractivity contribution in [3.8, 4) is 11.5 Å². The molecule has 8 heteroatoms. The van der Waals surface area contributed by atoms with Gasteiger partial charge >= 0.3 is 12.6 Å². The van der Waals surface area contributed by atoms with Crippen LogP contribution < -0.4 is 14.9 Å². The van der Waals surface area contributed by atoms with Gasteiger partial charge in [-0.05, 0) is 37.3 Å². The SMILES string of the molecule is COc1cc(C(C)=NNc2ccccc2C(=O)O)ccc1OC(F)F. The number of halogens is 2. The van der Waals surface area contributed by atoms with Crippen LogP contribution in [-0.2, 0) is 0 Å². The minimum absolute atomic E-state index is 0.0808. The monoisotopic (exact) mass is 350 g/mol. The highest BCUT2D eigenvalue weighted by molar-refractivity contribution is 6.00. The van der Waals surface area contributed by atoms with E-state index in [1.54, 1.807) is 31.2 Å². The van der Waals surface area contributed by atoms with E-state index in [0.717, 1.165) is 0 Å². The maximum absolute atomic E-state index is 12.3. The molecule has 0 aromatic heterocycles. The van der Waals surface area contributed by atoms with E-state index >= 15 is 0 Å². The minimum Gasteiger partial charge on any atom is -0.493 e. The van der Waals surface area contributed by atoms with Crippen LogP contribution in [-0.4, -0.2) is 30.5 Å². The molecule has 25 heavy (non-hydrogen) atoms. The van der Waals surface area contributed by atoms with Crippen LogP contribution in [0.1, 0.15) is 22.8 Å². The molecule has 0 fully saturated rings. The number of carboxylic acids is 1. The number of hydrogen-bond acceptors (Lipinski definition) is 5. The maximum Gasteiger partial charge on any atom is 0.387 e. The minimum atomic E-state index is -2.95. The number of rotatable bonds is 7. The van der Waals surface area contributed by atoms with Gasteiger partial charge in [0.2, 0.25) is 0 Å². The molecule has 0 radical (unpaired) electrons. The summed E-state index contributed by atoms with van der Waals surface area (Å²) < 4.78 is 34.1. The second-order valence-electron chi connectivity index (χ2n) is 4.90. The normalized spacial score (nSPS) is 11.3. The number of aromatic carboxylic acids is 1. The van der Waals surface area contributed by atoms with Crippen molar-refractivity contribution in [1.29, 1.82) is 0 Å². The molecule has 2 aromatic rings. The Morgan fingerprint density at radius 1 is 1.20 bits per heavy atom. The molecule has 6 nitrogen and oxygen atoms in total. The standard InChI is InChI=1S/C17H16F2N2O4/c1-10(20-21-13-6-4-3-5-12(13)16(22)23)11-7-8-14(25-17(18)19)15(9-11)24-2/h3-9,17,21H,1-2H3,(H,22,23). The molecule has 0 unspecified atom stereocenters. The highest BCUT2D eigenvalue weighted by Crippen LogP contribution is 2.29. The largest absolute Gasteiger partial charge is 0.493 e. The van der Waals surface area contributed by atoms with Gasteiger partial charge in [0.05, 0.1) is 24.1 Å². The molecule has 0 aliphatic carbocycles. The first-order valence-corrected chi connectivity index (χ1v) is 7.18. The molecule has 2 aromatic carbocycles. The van der Waals surface area contributed by atoms with E-state index in [-0.39, 0.29) is 17.1 Å². The molecule has 0 bridgehead atoms. The van der Waals surface area contributed by atoms with Gasteiger partial charge in [0.15, 0.2) is 11.5 Å². The molecule has 2 N–H and O–H groups in total. The lowest BCUT2D eigenvalue weighted by Gasteiger charge is -2.11. The van der Waals surface area contributed by atoms with Crippen LogP contribution in [0.4, 0.5) is 14.5 Å². The summed E-state index contributed by atoms with van der Waals surface area (Å²) in [7, 11) is 1.34. The number of para-hydroxylation sites is 1. The van der Waals surface area contributed by atoms with Gasteiger partial charge in [-0.15, -0.1) is 0 Å². The Bertz CT molecular complexity index is 794. The van der Waals surface area contributed by atoms with Crippen LogP contribution in [0.5, 0.6) is 11.5 Å². The predicted octanol–water partition coefficient (Wildman–Crippen LogP) is 3.83. The Kier molecular flexibility index (Phi) is 5.89. The summed E-state index contributed by atoms with van der Waals surface area (Å²) in [5.41, 5.74) is 4.20. The number of carboxylic acid groups (broad SMARTS) is 1. The number of hydrogen-bond donors (Lipinski definition) is 2. The van der Waals surface area contributed by atoms with E-state index in [9.17, 15) is 13.6 Å². The summed E-state index contributed by atoms with van der Waals surface area (Å²) in [6, 6.07) is 10.7. The maximum atomic E-state index is 12.3. The summed E-state index contributed by atoms with van der Waals surface area (Å²) >= 11 is 0. The van der Waals surface area contributed by atoms with Crippen molar-refractivity contribution in [3.05, 3.63) is 53.6 Å². The Labute approximate surface area is 142 Å². The van der Waals surface area contributed by atoms with Crippen LogP contribution in [0.3, 0.4) is 0 Å². The Hall–Kier alpha value is -3.16. The van der Waals surface area contributed by atoms with Gasteiger partial charge in [-0.2, -0.15) is 13.9 Å². The molecule has 0 heterocycles. The van der Waals surface area contributed by atoms with Crippen LogP contribution in [0, 0.1) is 0 Å². The number of hydrazone groups is 1. The third kappa shape index (κ3) is 4.66. The highest BCUT2D eigenvalue weighted by atomic mass is 19.3. The van der Waals surface area contributed by atoms with Crippen molar-refractivity contribution < 1.29 is 28.2 Å². The predicted molar refractivity (Wildman–Crippen MR) is 88.9 cm³/mol. The first-order valence-electron chi connectivity index (χ1n) is 7.18. The lowest BCUT2D eigenvalue weighted by molar-refractivity contribution is -0.0512. The molecule has 0 atom stereocenters. The molecule has 0 aliphatic rings. The molecule has 0 saturated heterocycles. The number of carbonyl (C=O) groups is 1. The number of nitrogens with zero attached hydrogens (tertiary/aromatic N) is 1. The number of alkyl halides is 2. The smallest absolute Gasteiger partial charge is 0.387 e. The molecule has 2 rings (SSSR count). The van der Waals surface area contributed by atoms with Gasteiger partial charge in [0, 0.05) is 5.56 Å². The summed E-state index contributed by atoms with van der Waals surface area (Å²) in [6.07, 6.45) is 0. The number of anilines is 1. The van der Waals surface area contributed by atoms with Crippen molar-refractivity contribution in [2.75, 3.05) is 12.5 Å². The van der Waals surface area contributed by atoms with Crippen molar-refractivity contribution >= 4 is 17.4 Å². The van der Waals surface area contributed by atoms with E-state index < -0.39 is 12.6 Å². The van der Waals surface area contributed by atoms with Crippen LogP contribution in [0.15, 0.2) is 47.6 Å². The van der Waals surface area contributed by atoms with Crippen LogP contribution in [0.25, 0.3) is 0 Å². The number of nitrogens with one attached hydrogen (secondary N) is 1. The molecule has 0 spiro atoms. The zero-order chi connectivity index (χ0) is 18.4. The van der Waals surface area contributed by atoms with Gasteiger partial charge in [-0.1, -0.05) is 12.1 Å². The van der Waals surface area contributed by atoms with E-state index in [1.165, 1.54) is 25.3 Å². The lowest BCUT2D eigenvalue weighted by atomic mass is 10.1. The second kappa shape index (κ2) is 8.09. The van der Waals surface area contributed by atoms with Crippen LogP contribution in [0.2, 0.25) is 0 Å². The Morgan fingerprint density at radius 2 is 1.92 bits per heavy atom.